The number of hydrogen-bond donors (Lipinski definition) is 0. The second-order valence-electron chi connectivity index (χ2n) is 20.8. The first-order valence-electron chi connectivity index (χ1n) is 25.7. The van der Waals surface area contributed by atoms with Crippen molar-refractivity contribution in [3.63, 3.8) is 0 Å². The summed E-state index contributed by atoms with van der Waals surface area (Å²) in [6, 6.07) is 91.5. The van der Waals surface area contributed by atoms with Gasteiger partial charge in [0.1, 0.15) is 0 Å². The molecule has 2 heteroatoms. The zero-order valence-electron chi connectivity index (χ0n) is 40.9. The molecule has 0 atom stereocenters. The normalized spacial score (nSPS) is 13.8. The van der Waals surface area contributed by atoms with E-state index in [9.17, 15) is 0 Å². The highest BCUT2D eigenvalue weighted by Gasteiger charge is 2.36. The average molecular weight is 931 g/mol. The molecule has 344 valence electrons. The van der Waals surface area contributed by atoms with Crippen molar-refractivity contribution in [2.75, 3.05) is 9.80 Å². The SMILES string of the molecule is CC1(C)c2ccccc2-c2ccc(-c3c4cc(N5c6ccccc6Cc6ccccc65)ccc4c(-c4ccccc4-c4ccc5ccccc5c4)c4cc(N5c6ccccc6Cc6ccccc65)ccc34)cc21. The smallest absolute Gasteiger partial charge is 0.0497 e. The highest BCUT2D eigenvalue weighted by Crippen LogP contribution is 2.55. The van der Waals surface area contributed by atoms with Gasteiger partial charge < -0.3 is 9.80 Å². The molecule has 1 aliphatic carbocycles. The molecule has 0 unspecified atom stereocenters. The van der Waals surface area contributed by atoms with Gasteiger partial charge in [-0.15, -0.1) is 0 Å². The van der Waals surface area contributed by atoms with Crippen LogP contribution in [0.25, 0.3) is 76.8 Å². The molecule has 0 aromatic heterocycles. The fraction of sp³-hybridized carbons (Fsp3) is 0.0704. The van der Waals surface area contributed by atoms with Gasteiger partial charge in [0.15, 0.2) is 0 Å². The van der Waals surface area contributed by atoms with E-state index in [4.69, 9.17) is 0 Å². The molecule has 12 aromatic carbocycles. The Morgan fingerprint density at radius 2 is 0.753 bits per heavy atom. The maximum atomic E-state index is 2.52. The van der Waals surface area contributed by atoms with Crippen LogP contribution in [0.4, 0.5) is 34.1 Å². The number of nitrogens with zero attached hydrogens (tertiary/aromatic N) is 2. The molecular weight excluding hydrogens is 881 g/mol. The lowest BCUT2D eigenvalue weighted by Crippen LogP contribution is -2.18. The zero-order chi connectivity index (χ0) is 48.4. The Bertz CT molecular complexity index is 4180. The van der Waals surface area contributed by atoms with Crippen LogP contribution in [0.5, 0.6) is 0 Å². The highest BCUT2D eigenvalue weighted by molar-refractivity contribution is 6.24. The minimum absolute atomic E-state index is 0.166. The van der Waals surface area contributed by atoms with Crippen molar-refractivity contribution in [2.45, 2.75) is 32.1 Å². The van der Waals surface area contributed by atoms with Gasteiger partial charge in [0.2, 0.25) is 0 Å². The molecule has 73 heavy (non-hydrogen) atoms. The van der Waals surface area contributed by atoms with Gasteiger partial charge in [-0.2, -0.15) is 0 Å². The first kappa shape index (κ1) is 41.8. The van der Waals surface area contributed by atoms with Crippen molar-refractivity contribution >= 4 is 66.4 Å². The number of hydrogen-bond acceptors (Lipinski definition) is 2. The van der Waals surface area contributed by atoms with Crippen LogP contribution in [0.15, 0.2) is 243 Å². The van der Waals surface area contributed by atoms with E-state index in [-0.39, 0.29) is 5.41 Å². The second-order valence-corrected chi connectivity index (χ2v) is 20.8. The third-order valence-electron chi connectivity index (χ3n) is 16.4. The molecule has 12 aromatic rings. The van der Waals surface area contributed by atoms with E-state index < -0.39 is 0 Å². The summed E-state index contributed by atoms with van der Waals surface area (Å²) in [5.74, 6) is 0. The van der Waals surface area contributed by atoms with Gasteiger partial charge in [0, 0.05) is 52.4 Å². The number of para-hydroxylation sites is 4. The number of rotatable bonds is 5. The lowest BCUT2D eigenvalue weighted by atomic mass is 9.80. The quantitative estimate of drug-likeness (QED) is 0.159. The Hall–Kier alpha value is -8.98. The van der Waals surface area contributed by atoms with E-state index in [1.165, 1.54) is 133 Å². The standard InChI is InChI=1S/C71H50N2/c1-71(2)63-26-12-11-24-56(63)57-36-33-52(42-64(57)71)69-59-37-34-54(73-67-29-15-7-21-50(67)41-51-22-8-16-30-68(51)73)44-62(59)70(58-25-10-9-23-55(58)47-32-31-45-17-3-4-18-46(45)39-47)60-38-35-53(43-61(60)69)72-65-27-13-5-19-48(65)40-49-20-6-14-28-66(49)72/h3-39,42-44H,40-41H2,1-2H3. The van der Waals surface area contributed by atoms with E-state index in [0.717, 1.165) is 24.2 Å². The van der Waals surface area contributed by atoms with Gasteiger partial charge in [0.05, 0.1) is 0 Å². The van der Waals surface area contributed by atoms with Crippen molar-refractivity contribution in [1.82, 2.24) is 0 Å². The minimum atomic E-state index is -0.166. The molecule has 0 bridgehead atoms. The molecule has 2 nitrogen and oxygen atoms in total. The zero-order valence-corrected chi connectivity index (χ0v) is 40.9. The molecule has 2 heterocycles. The first-order valence-corrected chi connectivity index (χ1v) is 25.7. The third kappa shape index (κ3) is 6.36. The summed E-state index contributed by atoms with van der Waals surface area (Å²) in [5.41, 5.74) is 25.1. The minimum Gasteiger partial charge on any atom is -0.310 e. The van der Waals surface area contributed by atoms with Gasteiger partial charge in [-0.25, -0.2) is 0 Å². The van der Waals surface area contributed by atoms with Gasteiger partial charge in [-0.05, 0) is 171 Å². The predicted molar refractivity (Wildman–Crippen MR) is 308 cm³/mol. The molecule has 0 N–H and O–H groups in total. The maximum absolute atomic E-state index is 2.52. The first-order chi connectivity index (χ1) is 36.0. The molecular formula is C71H50N2. The van der Waals surface area contributed by atoms with Crippen LogP contribution in [-0.4, -0.2) is 0 Å². The van der Waals surface area contributed by atoms with E-state index in [0.29, 0.717) is 0 Å². The number of fused-ring (bicyclic) bond motifs is 10. The third-order valence-corrected chi connectivity index (χ3v) is 16.4. The van der Waals surface area contributed by atoms with Crippen LogP contribution in [0.1, 0.15) is 47.2 Å². The fourth-order valence-corrected chi connectivity index (χ4v) is 13.0. The van der Waals surface area contributed by atoms with Crippen molar-refractivity contribution < 1.29 is 0 Å². The van der Waals surface area contributed by atoms with E-state index >= 15 is 0 Å². The summed E-state index contributed by atoms with van der Waals surface area (Å²) < 4.78 is 0. The summed E-state index contributed by atoms with van der Waals surface area (Å²) >= 11 is 0. The summed E-state index contributed by atoms with van der Waals surface area (Å²) in [7, 11) is 0. The molecule has 0 radical (unpaired) electrons. The lowest BCUT2D eigenvalue weighted by Gasteiger charge is -2.34. The molecule has 0 spiro atoms. The largest absolute Gasteiger partial charge is 0.310 e. The Labute approximate surface area is 426 Å². The summed E-state index contributed by atoms with van der Waals surface area (Å²) in [5, 5.41) is 7.37. The number of benzene rings is 12. The van der Waals surface area contributed by atoms with Crippen LogP contribution in [0.3, 0.4) is 0 Å². The van der Waals surface area contributed by atoms with Crippen molar-refractivity contribution in [1.29, 1.82) is 0 Å². The van der Waals surface area contributed by atoms with Crippen molar-refractivity contribution in [3.8, 4) is 44.5 Å². The molecule has 0 amide bonds. The molecule has 3 aliphatic rings. The Morgan fingerprint density at radius 3 is 1.36 bits per heavy atom. The monoisotopic (exact) mass is 930 g/mol. The summed E-state index contributed by atoms with van der Waals surface area (Å²) in [6.45, 7) is 4.79. The lowest BCUT2D eigenvalue weighted by molar-refractivity contribution is 0.660. The Morgan fingerprint density at radius 1 is 0.301 bits per heavy atom. The van der Waals surface area contributed by atoms with Crippen molar-refractivity contribution in [2.24, 2.45) is 0 Å². The maximum Gasteiger partial charge on any atom is 0.0497 e. The molecule has 2 aliphatic heterocycles. The topological polar surface area (TPSA) is 6.48 Å². The van der Waals surface area contributed by atoms with Gasteiger partial charge in [-0.3, -0.25) is 0 Å². The van der Waals surface area contributed by atoms with E-state index in [1.807, 2.05) is 0 Å². The van der Waals surface area contributed by atoms with E-state index in [2.05, 4.69) is 266 Å². The van der Waals surface area contributed by atoms with Gasteiger partial charge in [-0.1, -0.05) is 196 Å². The molecule has 15 rings (SSSR count). The number of anilines is 6. The fourth-order valence-electron chi connectivity index (χ4n) is 13.0. The molecule has 0 fully saturated rings. The highest BCUT2D eigenvalue weighted by atomic mass is 15.2. The predicted octanol–water partition coefficient (Wildman–Crippen LogP) is 19.2. The van der Waals surface area contributed by atoms with E-state index in [1.54, 1.807) is 0 Å². The Balaban J connectivity index is 1.07. The average Bonchev–Trinajstić information content (AvgIpc) is 3.68. The van der Waals surface area contributed by atoms with Crippen molar-refractivity contribution in [3.05, 3.63) is 276 Å². The summed E-state index contributed by atoms with van der Waals surface area (Å²) in [4.78, 5) is 5.00. The van der Waals surface area contributed by atoms with Crippen LogP contribution in [-0.2, 0) is 18.3 Å². The van der Waals surface area contributed by atoms with Crippen LogP contribution in [0, 0.1) is 0 Å². The molecule has 0 saturated carbocycles. The molecule has 0 saturated heterocycles. The second kappa shape index (κ2) is 16.0. The van der Waals surface area contributed by atoms with Crippen LogP contribution < -0.4 is 9.80 Å². The van der Waals surface area contributed by atoms with Crippen LogP contribution in [0.2, 0.25) is 0 Å². The van der Waals surface area contributed by atoms with Gasteiger partial charge >= 0.3 is 0 Å². The Kier molecular flexibility index (Phi) is 9.16. The van der Waals surface area contributed by atoms with Gasteiger partial charge in [0.25, 0.3) is 0 Å². The summed E-state index contributed by atoms with van der Waals surface area (Å²) in [6.07, 6.45) is 1.81. The van der Waals surface area contributed by atoms with Crippen LogP contribution >= 0.6 is 0 Å².